The predicted molar refractivity (Wildman–Crippen MR) is 106 cm³/mol. The molecule has 6 nitrogen and oxygen atoms in total. The monoisotopic (exact) mass is 375 g/mol. The summed E-state index contributed by atoms with van der Waals surface area (Å²) < 4.78 is 6.30. The first-order valence-electron chi connectivity index (χ1n) is 9.20. The number of hydrogen-bond donors (Lipinski definition) is 1. The number of aromatic nitrogens is 1. The molecule has 1 aliphatic rings. The van der Waals surface area contributed by atoms with Crippen LogP contribution in [0.1, 0.15) is 10.4 Å². The number of pyridine rings is 1. The van der Waals surface area contributed by atoms with Gasteiger partial charge in [-0.3, -0.25) is 4.79 Å². The summed E-state index contributed by atoms with van der Waals surface area (Å²) >= 11 is 0. The van der Waals surface area contributed by atoms with Crippen LogP contribution in [-0.4, -0.2) is 42.1 Å². The Morgan fingerprint density at radius 2 is 1.68 bits per heavy atom. The first-order valence-corrected chi connectivity index (χ1v) is 9.20. The van der Waals surface area contributed by atoms with Crippen LogP contribution in [0.2, 0.25) is 0 Å². The number of carbonyl (C=O) groups is 1. The van der Waals surface area contributed by atoms with E-state index in [9.17, 15) is 10.0 Å². The average Bonchev–Trinajstić information content (AvgIpc) is 2.76. The fourth-order valence-corrected chi connectivity index (χ4v) is 3.27. The topological polar surface area (TPSA) is 67.1 Å². The Morgan fingerprint density at radius 1 is 0.929 bits per heavy atom. The van der Waals surface area contributed by atoms with Crippen molar-refractivity contribution in [2.45, 2.75) is 0 Å². The van der Waals surface area contributed by atoms with Crippen LogP contribution >= 0.6 is 0 Å². The maximum absolute atomic E-state index is 12.9. The molecule has 142 valence electrons. The number of morpholine rings is 1. The van der Waals surface area contributed by atoms with Crippen molar-refractivity contribution in [3.8, 4) is 11.1 Å². The van der Waals surface area contributed by atoms with Gasteiger partial charge in [0.2, 0.25) is 0 Å². The molecule has 0 spiro atoms. The number of anilines is 1. The minimum atomic E-state index is -0.393. The first kappa shape index (κ1) is 18.0. The zero-order valence-electron chi connectivity index (χ0n) is 15.4. The molecule has 0 unspecified atom stereocenters. The second-order valence-corrected chi connectivity index (χ2v) is 6.52. The second kappa shape index (κ2) is 8.10. The molecule has 1 fully saturated rings. The number of amides is 1. The summed E-state index contributed by atoms with van der Waals surface area (Å²) in [6.45, 7) is 2.67. The van der Waals surface area contributed by atoms with Crippen LogP contribution in [0, 0.1) is 0 Å². The van der Waals surface area contributed by atoms with Crippen molar-refractivity contribution in [1.82, 2.24) is 4.73 Å². The molecule has 1 amide bonds. The lowest BCUT2D eigenvalue weighted by Crippen LogP contribution is -2.37. The Labute approximate surface area is 162 Å². The highest BCUT2D eigenvalue weighted by Crippen LogP contribution is 2.29. The lowest BCUT2D eigenvalue weighted by Gasteiger charge is -2.30. The fraction of sp³-hybridized carbons (Fsp3) is 0.182. The largest absolute Gasteiger partial charge is 0.427 e. The molecule has 0 aliphatic carbocycles. The number of hydrogen-bond acceptors (Lipinski definition) is 4. The van der Waals surface area contributed by atoms with Gasteiger partial charge in [-0.15, -0.1) is 0 Å². The highest BCUT2D eigenvalue weighted by atomic mass is 16.5. The van der Waals surface area contributed by atoms with Crippen LogP contribution in [0.15, 0.2) is 77.9 Å². The minimum absolute atomic E-state index is 0.188. The highest BCUT2D eigenvalue weighted by molar-refractivity contribution is 6.01. The number of nitrogens with zero attached hydrogens (tertiary/aromatic N) is 3. The summed E-state index contributed by atoms with van der Waals surface area (Å²) in [7, 11) is 0. The minimum Gasteiger partial charge on any atom is -0.427 e. The third kappa shape index (κ3) is 3.82. The highest BCUT2D eigenvalue weighted by Gasteiger charge is 2.19. The zero-order chi connectivity index (χ0) is 19.3. The van der Waals surface area contributed by atoms with Crippen LogP contribution < -0.4 is 10.4 Å². The van der Waals surface area contributed by atoms with E-state index < -0.39 is 5.91 Å². The Bertz CT molecular complexity index is 1040. The van der Waals surface area contributed by atoms with Crippen LogP contribution in [0.5, 0.6) is 0 Å². The van der Waals surface area contributed by atoms with Gasteiger partial charge < -0.3 is 14.8 Å². The molecule has 0 atom stereocenters. The van der Waals surface area contributed by atoms with Crippen molar-refractivity contribution >= 4 is 11.6 Å². The number of benzene rings is 2. The summed E-state index contributed by atoms with van der Waals surface area (Å²) in [6, 6.07) is 20.8. The molecule has 1 aliphatic heterocycles. The average molecular weight is 375 g/mol. The summed E-state index contributed by atoms with van der Waals surface area (Å²) in [6.07, 6.45) is 1.44. The Hall–Kier alpha value is -3.38. The van der Waals surface area contributed by atoms with E-state index in [1.807, 2.05) is 48.5 Å². The molecule has 2 heterocycles. The van der Waals surface area contributed by atoms with Crippen LogP contribution in [0.4, 0.5) is 5.69 Å². The van der Waals surface area contributed by atoms with E-state index in [0.29, 0.717) is 31.9 Å². The van der Waals surface area contributed by atoms with E-state index in [1.165, 1.54) is 6.20 Å². The molecule has 1 aromatic heterocycles. The van der Waals surface area contributed by atoms with Gasteiger partial charge in [-0.1, -0.05) is 42.5 Å². The first-order chi connectivity index (χ1) is 13.7. The molecular formula is C22H21N3O3. The molecular weight excluding hydrogens is 354 g/mol. The smallest absolute Gasteiger partial charge is 0.281 e. The van der Waals surface area contributed by atoms with Crippen molar-refractivity contribution in [2.75, 3.05) is 31.2 Å². The summed E-state index contributed by atoms with van der Waals surface area (Å²) in [5, 5.41) is 9.86. The predicted octanol–water partition coefficient (Wildman–Crippen LogP) is 2.97. The van der Waals surface area contributed by atoms with Crippen LogP contribution in [0.25, 0.3) is 11.1 Å². The lowest BCUT2D eigenvalue weighted by atomic mass is 10.0. The molecule has 6 heteroatoms. The Balaban J connectivity index is 1.78. The standard InChI is InChI=1S/C22H21N3O3/c26-22(23-21-8-4-5-11-25(21)27)19-10-9-18(17-6-2-1-3-7-17)16-20(19)24-12-14-28-15-13-24/h1-11,16,27H,12-15H2. The Morgan fingerprint density at radius 3 is 2.43 bits per heavy atom. The maximum Gasteiger partial charge on any atom is 0.281 e. The van der Waals surface area contributed by atoms with E-state index in [1.54, 1.807) is 18.2 Å². The summed E-state index contributed by atoms with van der Waals surface area (Å²) in [5.74, 6) is -0.393. The van der Waals surface area contributed by atoms with Gasteiger partial charge in [0, 0.05) is 19.3 Å². The molecule has 0 saturated carbocycles. The molecule has 1 saturated heterocycles. The fourth-order valence-electron chi connectivity index (χ4n) is 3.27. The van der Waals surface area contributed by atoms with Crippen molar-refractivity contribution in [3.63, 3.8) is 0 Å². The van der Waals surface area contributed by atoms with E-state index >= 15 is 0 Å². The van der Waals surface area contributed by atoms with E-state index in [2.05, 4.69) is 9.89 Å². The van der Waals surface area contributed by atoms with Gasteiger partial charge >= 0.3 is 0 Å². The summed E-state index contributed by atoms with van der Waals surface area (Å²) in [5.41, 5.74) is 3.65. The van der Waals surface area contributed by atoms with E-state index in [0.717, 1.165) is 21.5 Å². The van der Waals surface area contributed by atoms with E-state index in [-0.39, 0.29) is 5.49 Å². The van der Waals surface area contributed by atoms with Gasteiger partial charge in [0.15, 0.2) is 5.49 Å². The third-order valence-corrected chi connectivity index (χ3v) is 4.72. The van der Waals surface area contributed by atoms with Gasteiger partial charge in [-0.2, -0.15) is 9.72 Å². The quantitative estimate of drug-likeness (QED) is 0.715. The molecule has 2 aromatic carbocycles. The van der Waals surface area contributed by atoms with Crippen LogP contribution in [-0.2, 0) is 4.74 Å². The van der Waals surface area contributed by atoms with Crippen molar-refractivity contribution in [1.29, 1.82) is 0 Å². The SMILES string of the molecule is O=C(N=c1ccccn1O)c1ccc(-c2ccccc2)cc1N1CCOCC1. The number of rotatable bonds is 3. The molecule has 0 radical (unpaired) electrons. The summed E-state index contributed by atoms with van der Waals surface area (Å²) in [4.78, 5) is 19.2. The van der Waals surface area contributed by atoms with Gasteiger partial charge in [0.1, 0.15) is 0 Å². The van der Waals surface area contributed by atoms with E-state index in [4.69, 9.17) is 4.74 Å². The second-order valence-electron chi connectivity index (χ2n) is 6.52. The van der Waals surface area contributed by atoms with Crippen LogP contribution in [0.3, 0.4) is 0 Å². The van der Waals surface area contributed by atoms with Crippen molar-refractivity contribution in [3.05, 3.63) is 84.0 Å². The van der Waals surface area contributed by atoms with Gasteiger partial charge in [0.05, 0.1) is 24.5 Å². The van der Waals surface area contributed by atoms with Gasteiger partial charge in [-0.05, 0) is 35.4 Å². The molecule has 3 aromatic rings. The van der Waals surface area contributed by atoms with Crippen molar-refractivity contribution in [2.24, 2.45) is 4.99 Å². The molecule has 28 heavy (non-hydrogen) atoms. The molecule has 0 bridgehead atoms. The Kier molecular flexibility index (Phi) is 5.21. The van der Waals surface area contributed by atoms with Gasteiger partial charge in [0.25, 0.3) is 5.91 Å². The number of carbonyl (C=O) groups excluding carboxylic acids is 1. The maximum atomic E-state index is 12.9. The lowest BCUT2D eigenvalue weighted by molar-refractivity contribution is 0.0986. The zero-order valence-corrected chi connectivity index (χ0v) is 15.4. The normalized spacial score (nSPS) is 14.9. The van der Waals surface area contributed by atoms with Crippen molar-refractivity contribution < 1.29 is 14.7 Å². The van der Waals surface area contributed by atoms with Gasteiger partial charge in [-0.25, -0.2) is 0 Å². The number of ether oxygens (including phenoxy) is 1. The molecule has 1 N–H and O–H groups in total. The molecule has 4 rings (SSSR count). The third-order valence-electron chi connectivity index (χ3n) is 4.72.